The van der Waals surface area contributed by atoms with Gasteiger partial charge in [-0.1, -0.05) is 42.8 Å². The third-order valence-corrected chi connectivity index (χ3v) is 3.69. The normalized spacial score (nSPS) is 10.4. The number of rotatable bonds is 2. The molecule has 0 aromatic heterocycles. The number of aliphatic hydroxyl groups excluding tert-OH is 1. The van der Waals surface area contributed by atoms with Gasteiger partial charge >= 0.3 is 30.2 Å². The van der Waals surface area contributed by atoms with E-state index in [2.05, 4.69) is 73.6 Å². The Balaban J connectivity index is -0.000000368. The predicted octanol–water partition coefficient (Wildman–Crippen LogP) is 6.13. The Bertz CT molecular complexity index is 777. The summed E-state index contributed by atoms with van der Waals surface area (Å²) in [5.74, 6) is 0. The van der Waals surface area contributed by atoms with Gasteiger partial charge in [-0.3, -0.25) is 6.08 Å². The van der Waals surface area contributed by atoms with Crippen LogP contribution in [0.3, 0.4) is 0 Å². The number of allylic oxidation sites excluding steroid dienone is 3. The maximum atomic E-state index is 8.44. The quantitative estimate of drug-likeness (QED) is 0.334. The molecule has 0 bridgehead atoms. The molecule has 2 radical (unpaired) electrons. The van der Waals surface area contributed by atoms with Crippen molar-refractivity contribution in [2.75, 3.05) is 6.61 Å². The molecule has 0 atom stereocenters. The summed E-state index contributed by atoms with van der Waals surface area (Å²) in [6.45, 7) is 3.32. The number of aliphatic hydroxyl groups is 1. The van der Waals surface area contributed by atoms with E-state index in [4.69, 9.17) is 5.11 Å². The van der Waals surface area contributed by atoms with Crippen LogP contribution in [0.4, 0.5) is 0 Å². The Labute approximate surface area is 193 Å². The van der Waals surface area contributed by atoms with Gasteiger partial charge in [0.05, 0.1) is 0 Å². The topological polar surface area (TPSA) is 20.2 Å². The van der Waals surface area contributed by atoms with Gasteiger partial charge in [0.1, 0.15) is 0 Å². The minimum Gasteiger partial charge on any atom is -0.126 e. The van der Waals surface area contributed by atoms with Gasteiger partial charge in [0.2, 0.25) is 0 Å². The van der Waals surface area contributed by atoms with Crippen molar-refractivity contribution in [1.82, 2.24) is 0 Å². The molecule has 1 N–H and O–H groups in total. The van der Waals surface area contributed by atoms with Crippen molar-refractivity contribution in [3.63, 3.8) is 0 Å². The van der Waals surface area contributed by atoms with Crippen molar-refractivity contribution in [2.45, 2.75) is 12.8 Å². The number of hydrogen-bond acceptors (Lipinski definition) is 1. The van der Waals surface area contributed by atoms with Crippen LogP contribution in [0, 0.1) is 20.9 Å². The molecule has 0 heterocycles. The zero-order valence-electron chi connectivity index (χ0n) is 15.7. The second-order valence-electron chi connectivity index (χ2n) is 5.12. The minimum absolute atomic E-state index is 0. The van der Waals surface area contributed by atoms with E-state index in [0.717, 1.165) is 12.8 Å². The molecule has 4 rings (SSSR count). The molecule has 1 aliphatic rings. The van der Waals surface area contributed by atoms with Crippen LogP contribution in [0.2, 0.25) is 0 Å². The van der Waals surface area contributed by atoms with Crippen molar-refractivity contribution in [3.8, 4) is 0 Å². The molecule has 1 aliphatic carbocycles. The first-order valence-corrected chi connectivity index (χ1v) is 11.7. The molecular formula is C22H26Cl2OSiZr-4. The zero-order chi connectivity index (χ0) is 16.5. The fourth-order valence-electron chi connectivity index (χ4n) is 2.65. The smallest absolute Gasteiger partial charge is 0.0771 e. The van der Waals surface area contributed by atoms with Crippen LogP contribution in [0.15, 0.2) is 72.3 Å². The van der Waals surface area contributed by atoms with Gasteiger partial charge in [-0.2, -0.15) is 11.6 Å². The molecule has 0 fully saturated rings. The molecular weight excluding hydrogens is 470 g/mol. The second-order valence-corrected chi connectivity index (χ2v) is 5.12. The summed E-state index contributed by atoms with van der Waals surface area (Å²) in [5.41, 5.74) is 1.22. The Hall–Kier alpha value is -0.570. The molecule has 0 saturated carbocycles. The van der Waals surface area contributed by atoms with Gasteiger partial charge in [-0.15, -0.1) is 71.0 Å². The van der Waals surface area contributed by atoms with Gasteiger partial charge in [0, 0.05) is 6.61 Å². The Morgan fingerprint density at radius 3 is 1.81 bits per heavy atom. The summed E-state index contributed by atoms with van der Waals surface area (Å²) in [7, 11) is 0. The summed E-state index contributed by atoms with van der Waals surface area (Å²) < 4.78 is 0. The van der Waals surface area contributed by atoms with E-state index in [-0.39, 0.29) is 46.3 Å². The van der Waals surface area contributed by atoms with Crippen LogP contribution in [0.1, 0.15) is 12.8 Å². The second kappa shape index (κ2) is 17.5. The van der Waals surface area contributed by atoms with Crippen molar-refractivity contribution in [1.29, 1.82) is 0 Å². The van der Waals surface area contributed by atoms with Gasteiger partial charge in [0.15, 0.2) is 0 Å². The van der Waals surface area contributed by atoms with Crippen LogP contribution in [0.25, 0.3) is 21.5 Å². The molecule has 5 heteroatoms. The third kappa shape index (κ3) is 8.98. The minimum atomic E-state index is 0. The zero-order valence-corrected chi connectivity index (χ0v) is 20.8. The van der Waals surface area contributed by atoms with Crippen LogP contribution in [0.5, 0.6) is 0 Å². The number of fused-ring (bicyclic) bond motifs is 3. The van der Waals surface area contributed by atoms with Gasteiger partial charge in [-0.05, 0) is 0 Å². The Morgan fingerprint density at radius 1 is 0.926 bits per heavy atom. The van der Waals surface area contributed by atoms with Crippen LogP contribution < -0.4 is 0 Å². The molecule has 3 aromatic carbocycles. The molecule has 0 aliphatic heterocycles. The van der Waals surface area contributed by atoms with E-state index in [1.807, 2.05) is 6.08 Å². The molecule has 146 valence electrons. The predicted molar refractivity (Wildman–Crippen MR) is 122 cm³/mol. The fraction of sp³-hybridized carbons (Fsp3) is 0.136. The summed E-state index contributed by atoms with van der Waals surface area (Å²) >= 11 is 1.36. The van der Waals surface area contributed by atoms with Crippen molar-refractivity contribution < 1.29 is 28.4 Å². The first kappa shape index (κ1) is 31.1. The van der Waals surface area contributed by atoms with Gasteiger partial charge in [-0.25, -0.2) is 6.08 Å². The third-order valence-electron chi connectivity index (χ3n) is 3.69. The molecule has 0 unspecified atom stereocenters. The molecule has 1 nitrogen and oxygen atoms in total. The first-order chi connectivity index (χ1) is 11.4. The summed E-state index contributed by atoms with van der Waals surface area (Å²) in [6.07, 6.45) is 8.76. The van der Waals surface area contributed by atoms with Crippen molar-refractivity contribution >= 4 is 53.2 Å². The Kier molecular flexibility index (Phi) is 20.2. The van der Waals surface area contributed by atoms with E-state index in [1.54, 1.807) is 0 Å². The van der Waals surface area contributed by atoms with E-state index < -0.39 is 0 Å². The number of halogens is 2. The van der Waals surface area contributed by atoms with E-state index in [9.17, 15) is 0 Å². The van der Waals surface area contributed by atoms with Gasteiger partial charge in [0.25, 0.3) is 0 Å². The van der Waals surface area contributed by atoms with E-state index in [1.165, 1.54) is 50.5 Å². The average molecular weight is 497 g/mol. The number of benzene rings is 2. The van der Waals surface area contributed by atoms with Crippen molar-refractivity contribution in [2.24, 2.45) is 0 Å². The average Bonchev–Trinajstić information content (AvgIpc) is 3.25. The molecule has 3 aromatic rings. The van der Waals surface area contributed by atoms with Crippen LogP contribution in [-0.2, 0) is 23.3 Å². The summed E-state index contributed by atoms with van der Waals surface area (Å²) in [6, 6.07) is 19.3. The SMILES string of the molecule is Cl.Cl.OCCC1=CC[C-]=C1.[CH3-].[CH3-].[Si]=[Zr].c1ccc2c(c1)[cH-]c1ccccc12. The largest absolute Gasteiger partial charge is 0.126 e. The fourth-order valence-corrected chi connectivity index (χ4v) is 2.65. The standard InChI is InChI=1S/C13H9.C7H9O.2CH3.2ClH.Si.Zr/c1-3-7-12-10(5-1)9-11-6-2-4-8-13(11)12;8-6-5-7-3-1-2-4-7;;;;;;/h1-9H;3-4,8H,1,5-6H2;2*1H3;2*1H;;/q4*-1;;;;. The van der Waals surface area contributed by atoms with Gasteiger partial charge < -0.3 is 20.0 Å². The molecule has 0 saturated heterocycles. The first-order valence-electron chi connectivity index (χ1n) is 7.53. The van der Waals surface area contributed by atoms with Crippen molar-refractivity contribution in [3.05, 3.63) is 93.3 Å². The molecule has 0 spiro atoms. The molecule has 0 amide bonds. The Morgan fingerprint density at radius 2 is 1.41 bits per heavy atom. The maximum absolute atomic E-state index is 8.44. The monoisotopic (exact) mass is 494 g/mol. The summed E-state index contributed by atoms with van der Waals surface area (Å²) in [4.78, 5) is 0. The maximum Gasteiger partial charge on any atom is -0.0771 e. The summed E-state index contributed by atoms with van der Waals surface area (Å²) in [5, 5.41) is 13.8. The number of hydrogen-bond donors (Lipinski definition) is 1. The van der Waals surface area contributed by atoms with E-state index >= 15 is 0 Å². The molecule has 27 heavy (non-hydrogen) atoms. The van der Waals surface area contributed by atoms with E-state index in [0.29, 0.717) is 0 Å². The van der Waals surface area contributed by atoms with Crippen LogP contribution >= 0.6 is 24.8 Å². The van der Waals surface area contributed by atoms with Crippen LogP contribution in [-0.4, -0.2) is 18.6 Å².